The lowest BCUT2D eigenvalue weighted by molar-refractivity contribution is -0.121. The average Bonchev–Trinajstić information content (AvgIpc) is 2.55. The number of hydrogen-bond acceptors (Lipinski definition) is 3. The van der Waals surface area contributed by atoms with Gasteiger partial charge in [0, 0.05) is 5.92 Å². The Morgan fingerprint density at radius 3 is 2.48 bits per heavy atom. The Morgan fingerprint density at radius 2 is 1.91 bits per heavy atom. The molecule has 1 aliphatic rings. The molecule has 0 heterocycles. The Morgan fingerprint density at radius 1 is 1.22 bits per heavy atom. The molecule has 1 amide bonds. The lowest BCUT2D eigenvalue weighted by Gasteiger charge is -2.27. The van der Waals surface area contributed by atoms with Crippen molar-refractivity contribution in [2.24, 2.45) is 11.8 Å². The summed E-state index contributed by atoms with van der Waals surface area (Å²) in [5.41, 5.74) is 0.269. The van der Waals surface area contributed by atoms with Gasteiger partial charge in [-0.05, 0) is 49.8 Å². The summed E-state index contributed by atoms with van der Waals surface area (Å²) >= 11 is 0. The molecule has 0 aliphatic heterocycles. The number of nitrogens with one attached hydrogen (secondary N) is 1. The van der Waals surface area contributed by atoms with Gasteiger partial charge in [-0.1, -0.05) is 26.2 Å². The van der Waals surface area contributed by atoms with Crippen LogP contribution in [-0.2, 0) is 4.79 Å². The summed E-state index contributed by atoms with van der Waals surface area (Å²) in [4.78, 5) is 23.2. The van der Waals surface area contributed by atoms with Gasteiger partial charge in [0.15, 0.2) is 0 Å². The number of aromatic hydroxyl groups is 1. The van der Waals surface area contributed by atoms with Crippen LogP contribution in [0.25, 0.3) is 0 Å². The number of phenols is 1. The van der Waals surface area contributed by atoms with E-state index in [2.05, 4.69) is 12.2 Å². The zero-order valence-electron chi connectivity index (χ0n) is 13.5. The number of carbonyl (C=O) groups excluding carboxylic acids is 1. The molecule has 5 heteroatoms. The molecule has 0 spiro atoms. The number of carboxylic acids is 1. The topological polar surface area (TPSA) is 86.6 Å². The summed E-state index contributed by atoms with van der Waals surface area (Å²) in [6.45, 7) is 2.20. The van der Waals surface area contributed by atoms with E-state index in [1.807, 2.05) is 0 Å². The van der Waals surface area contributed by atoms with Gasteiger partial charge in [0.05, 0.1) is 11.3 Å². The largest absolute Gasteiger partial charge is 0.506 e. The fourth-order valence-corrected chi connectivity index (χ4v) is 3.21. The molecular formula is C18H25NO4. The first-order chi connectivity index (χ1) is 11.0. The van der Waals surface area contributed by atoms with Crippen LogP contribution in [0.3, 0.4) is 0 Å². The molecule has 23 heavy (non-hydrogen) atoms. The van der Waals surface area contributed by atoms with Crippen LogP contribution in [0, 0.1) is 11.8 Å². The maximum absolute atomic E-state index is 12.3. The predicted molar refractivity (Wildman–Crippen MR) is 88.7 cm³/mol. The molecule has 0 radical (unpaired) electrons. The van der Waals surface area contributed by atoms with E-state index in [0.717, 1.165) is 37.7 Å². The van der Waals surface area contributed by atoms with Crippen molar-refractivity contribution >= 4 is 17.6 Å². The van der Waals surface area contributed by atoms with Crippen molar-refractivity contribution in [3.63, 3.8) is 0 Å². The lowest BCUT2D eigenvalue weighted by atomic mass is 9.79. The number of unbranched alkanes of at least 4 members (excludes halogenated alkanes) is 1. The number of amides is 1. The molecule has 1 aromatic rings. The van der Waals surface area contributed by atoms with Gasteiger partial charge in [-0.2, -0.15) is 0 Å². The van der Waals surface area contributed by atoms with Gasteiger partial charge in [0.2, 0.25) is 5.91 Å². The van der Waals surface area contributed by atoms with Gasteiger partial charge in [-0.25, -0.2) is 4.79 Å². The first-order valence-electron chi connectivity index (χ1n) is 8.38. The molecule has 1 aromatic carbocycles. The highest BCUT2D eigenvalue weighted by Crippen LogP contribution is 2.33. The van der Waals surface area contributed by atoms with Crippen molar-refractivity contribution in [1.29, 1.82) is 0 Å². The van der Waals surface area contributed by atoms with Gasteiger partial charge < -0.3 is 15.5 Å². The number of benzene rings is 1. The monoisotopic (exact) mass is 319 g/mol. The molecule has 1 saturated carbocycles. The molecule has 0 aromatic heterocycles. The number of phenolic OH excluding ortho intramolecular Hbond substituents is 1. The number of rotatable bonds is 6. The van der Waals surface area contributed by atoms with Crippen LogP contribution >= 0.6 is 0 Å². The van der Waals surface area contributed by atoms with Crippen molar-refractivity contribution in [3.05, 3.63) is 23.8 Å². The number of carbonyl (C=O) groups is 2. The van der Waals surface area contributed by atoms with Crippen LogP contribution in [0.5, 0.6) is 5.75 Å². The van der Waals surface area contributed by atoms with Crippen molar-refractivity contribution in [3.8, 4) is 5.75 Å². The molecule has 0 bridgehead atoms. The number of hydrogen-bond donors (Lipinski definition) is 3. The van der Waals surface area contributed by atoms with Gasteiger partial charge in [-0.3, -0.25) is 4.79 Å². The lowest BCUT2D eigenvalue weighted by Crippen LogP contribution is -2.27. The van der Waals surface area contributed by atoms with Gasteiger partial charge in [-0.15, -0.1) is 0 Å². The minimum absolute atomic E-state index is 0.00284. The molecule has 2 rings (SSSR count). The third kappa shape index (κ3) is 4.71. The van der Waals surface area contributed by atoms with Gasteiger partial charge in [0.1, 0.15) is 5.75 Å². The third-order valence-corrected chi connectivity index (χ3v) is 4.69. The molecule has 1 fully saturated rings. The van der Waals surface area contributed by atoms with E-state index in [0.29, 0.717) is 0 Å². The maximum Gasteiger partial charge on any atom is 0.335 e. The zero-order chi connectivity index (χ0) is 16.8. The van der Waals surface area contributed by atoms with Crippen LogP contribution in [0.4, 0.5) is 5.69 Å². The van der Waals surface area contributed by atoms with Crippen molar-refractivity contribution < 1.29 is 19.8 Å². The van der Waals surface area contributed by atoms with E-state index in [1.54, 1.807) is 0 Å². The van der Waals surface area contributed by atoms with E-state index >= 15 is 0 Å². The summed E-state index contributed by atoms with van der Waals surface area (Å²) in [5, 5.41) is 21.4. The number of anilines is 1. The molecule has 3 N–H and O–H groups in total. The van der Waals surface area contributed by atoms with Crippen LogP contribution in [0.15, 0.2) is 18.2 Å². The van der Waals surface area contributed by atoms with Crippen LogP contribution < -0.4 is 5.32 Å². The van der Waals surface area contributed by atoms with Crippen LogP contribution in [0.1, 0.15) is 62.2 Å². The first kappa shape index (κ1) is 17.3. The minimum atomic E-state index is -1.11. The molecule has 1 aliphatic carbocycles. The second kappa shape index (κ2) is 7.99. The summed E-state index contributed by atoms with van der Waals surface area (Å²) in [6, 6.07) is 3.96. The zero-order valence-corrected chi connectivity index (χ0v) is 13.5. The fourth-order valence-electron chi connectivity index (χ4n) is 3.21. The highest BCUT2D eigenvalue weighted by atomic mass is 16.4. The van der Waals surface area contributed by atoms with Gasteiger partial charge >= 0.3 is 5.97 Å². The highest BCUT2D eigenvalue weighted by Gasteiger charge is 2.26. The van der Waals surface area contributed by atoms with E-state index in [4.69, 9.17) is 5.11 Å². The fraction of sp³-hybridized carbons (Fsp3) is 0.556. The Kier molecular flexibility index (Phi) is 6.02. The number of carboxylic acid groups (broad SMARTS) is 1. The van der Waals surface area contributed by atoms with Crippen molar-refractivity contribution in [1.82, 2.24) is 0 Å². The SMILES string of the molecule is CCCCC1CCC(C(=O)Nc2ccc(C(=O)O)cc2O)CC1. The van der Waals surface area contributed by atoms with Crippen LogP contribution in [0.2, 0.25) is 0 Å². The number of aromatic carboxylic acids is 1. The normalized spacial score (nSPS) is 20.9. The standard InChI is InChI=1S/C18H25NO4/c1-2-3-4-12-5-7-13(8-6-12)17(21)19-15-10-9-14(18(22)23)11-16(15)20/h9-13,20H,2-8H2,1H3,(H,19,21)(H,22,23). The van der Waals surface area contributed by atoms with E-state index in [9.17, 15) is 14.7 Å². The second-order valence-corrected chi connectivity index (χ2v) is 6.39. The molecular weight excluding hydrogens is 294 g/mol. The molecule has 5 nitrogen and oxygen atoms in total. The van der Waals surface area contributed by atoms with Crippen molar-refractivity contribution in [2.75, 3.05) is 5.32 Å². The molecule has 126 valence electrons. The highest BCUT2D eigenvalue weighted by molar-refractivity contribution is 5.95. The van der Waals surface area contributed by atoms with E-state index < -0.39 is 5.97 Å². The Labute approximate surface area is 136 Å². The molecule has 0 atom stereocenters. The van der Waals surface area contributed by atoms with E-state index in [-0.39, 0.29) is 28.8 Å². The van der Waals surface area contributed by atoms with Gasteiger partial charge in [0.25, 0.3) is 0 Å². The Hall–Kier alpha value is -2.04. The minimum Gasteiger partial charge on any atom is -0.506 e. The Balaban J connectivity index is 1.89. The van der Waals surface area contributed by atoms with Crippen molar-refractivity contribution in [2.45, 2.75) is 51.9 Å². The molecule has 0 saturated heterocycles. The maximum atomic E-state index is 12.3. The first-order valence-corrected chi connectivity index (χ1v) is 8.38. The predicted octanol–water partition coefficient (Wildman–Crippen LogP) is 4.03. The third-order valence-electron chi connectivity index (χ3n) is 4.69. The summed E-state index contributed by atoms with van der Waals surface area (Å²) in [7, 11) is 0. The van der Waals surface area contributed by atoms with E-state index in [1.165, 1.54) is 31.4 Å². The quantitative estimate of drug-likeness (QED) is 0.691. The summed E-state index contributed by atoms with van der Waals surface area (Å²) in [5.74, 6) is -0.690. The average molecular weight is 319 g/mol. The molecule has 0 unspecified atom stereocenters. The van der Waals surface area contributed by atoms with Crippen LogP contribution in [-0.4, -0.2) is 22.1 Å². The Bertz CT molecular complexity index is 562. The smallest absolute Gasteiger partial charge is 0.335 e. The second-order valence-electron chi connectivity index (χ2n) is 6.39. The summed E-state index contributed by atoms with van der Waals surface area (Å²) in [6.07, 6.45) is 7.66. The summed E-state index contributed by atoms with van der Waals surface area (Å²) < 4.78 is 0.